The summed E-state index contributed by atoms with van der Waals surface area (Å²) in [5.41, 5.74) is 5.09. The first kappa shape index (κ1) is 16.4. The minimum Gasteiger partial charge on any atom is -0.465 e. The van der Waals surface area contributed by atoms with Crippen LogP contribution in [0.2, 0.25) is 5.02 Å². The second-order valence-corrected chi connectivity index (χ2v) is 7.41. The average Bonchev–Trinajstić information content (AvgIpc) is 2.78. The first-order valence-electron chi connectivity index (χ1n) is 8.83. The van der Waals surface area contributed by atoms with Crippen molar-refractivity contribution in [1.29, 1.82) is 0 Å². The standard InChI is InChI=1S/C20H21ClN2O2/c21-16-5-6-17-15(12-16)4-3-14-2-1-9-22-19(14)18(17)13-7-10-23(11-8-13)20(24)25/h1-2,5-6,9,12-13,18H,3-4,7-8,10-11H2,(H,24,25). The zero-order valence-electron chi connectivity index (χ0n) is 14.0. The lowest BCUT2D eigenvalue weighted by molar-refractivity contribution is 0.121. The highest BCUT2D eigenvalue weighted by Gasteiger charge is 2.34. The molecule has 0 radical (unpaired) electrons. The van der Waals surface area contributed by atoms with Crippen LogP contribution in [0.3, 0.4) is 0 Å². The van der Waals surface area contributed by atoms with Crippen molar-refractivity contribution in [2.45, 2.75) is 31.6 Å². The predicted molar refractivity (Wildman–Crippen MR) is 97.3 cm³/mol. The second-order valence-electron chi connectivity index (χ2n) is 6.98. The van der Waals surface area contributed by atoms with Crippen molar-refractivity contribution in [3.63, 3.8) is 0 Å². The summed E-state index contributed by atoms with van der Waals surface area (Å²) in [6, 6.07) is 10.4. The number of benzene rings is 1. The Morgan fingerprint density at radius 2 is 1.92 bits per heavy atom. The summed E-state index contributed by atoms with van der Waals surface area (Å²) in [4.78, 5) is 17.5. The van der Waals surface area contributed by atoms with Crippen molar-refractivity contribution in [2.24, 2.45) is 5.92 Å². The van der Waals surface area contributed by atoms with Gasteiger partial charge in [-0.2, -0.15) is 0 Å². The molecule has 2 aliphatic rings. The van der Waals surface area contributed by atoms with Crippen molar-refractivity contribution >= 4 is 17.7 Å². The van der Waals surface area contributed by atoms with E-state index in [2.05, 4.69) is 18.2 Å². The number of rotatable bonds is 1. The number of carbonyl (C=O) groups is 1. The minimum atomic E-state index is -0.815. The van der Waals surface area contributed by atoms with Crippen LogP contribution in [0, 0.1) is 5.92 Å². The maximum atomic E-state index is 11.2. The van der Waals surface area contributed by atoms with Gasteiger partial charge in [-0.3, -0.25) is 4.98 Å². The molecule has 130 valence electrons. The third kappa shape index (κ3) is 3.11. The molecule has 1 saturated heterocycles. The molecule has 2 aromatic rings. The monoisotopic (exact) mass is 356 g/mol. The van der Waals surface area contributed by atoms with E-state index in [0.717, 1.165) is 36.4 Å². The van der Waals surface area contributed by atoms with E-state index in [9.17, 15) is 9.90 Å². The van der Waals surface area contributed by atoms with E-state index >= 15 is 0 Å². The Balaban J connectivity index is 1.74. The van der Waals surface area contributed by atoms with Gasteiger partial charge < -0.3 is 10.0 Å². The van der Waals surface area contributed by atoms with Crippen LogP contribution in [0.15, 0.2) is 36.5 Å². The Hall–Kier alpha value is -2.07. The number of hydrogen-bond donors (Lipinski definition) is 1. The number of carboxylic acid groups (broad SMARTS) is 1. The quantitative estimate of drug-likeness (QED) is 0.826. The number of likely N-dealkylation sites (tertiary alicyclic amines) is 1. The van der Waals surface area contributed by atoms with Crippen LogP contribution < -0.4 is 0 Å². The molecule has 1 N–H and O–H groups in total. The molecule has 1 aliphatic carbocycles. The highest BCUT2D eigenvalue weighted by molar-refractivity contribution is 6.30. The topological polar surface area (TPSA) is 53.4 Å². The summed E-state index contributed by atoms with van der Waals surface area (Å²) >= 11 is 6.24. The van der Waals surface area contributed by atoms with Gasteiger partial charge in [-0.1, -0.05) is 23.7 Å². The van der Waals surface area contributed by atoms with Gasteiger partial charge in [0.05, 0.1) is 5.69 Å². The van der Waals surface area contributed by atoms with Gasteiger partial charge in [-0.05, 0) is 66.5 Å². The second kappa shape index (κ2) is 6.68. The summed E-state index contributed by atoms with van der Waals surface area (Å²) < 4.78 is 0. The van der Waals surface area contributed by atoms with Gasteiger partial charge in [0.2, 0.25) is 0 Å². The van der Waals surface area contributed by atoms with Gasteiger partial charge in [0.1, 0.15) is 0 Å². The SMILES string of the molecule is O=C(O)N1CCC(C2c3ccc(Cl)cc3CCc3cccnc32)CC1. The fraction of sp³-hybridized carbons (Fsp3) is 0.400. The summed E-state index contributed by atoms with van der Waals surface area (Å²) in [6.07, 6.45) is 4.74. The largest absolute Gasteiger partial charge is 0.465 e. The molecular weight excluding hydrogens is 336 g/mol. The molecule has 1 amide bonds. The number of nitrogens with zero attached hydrogens (tertiary/aromatic N) is 2. The van der Waals surface area contributed by atoms with Crippen molar-refractivity contribution in [1.82, 2.24) is 9.88 Å². The minimum absolute atomic E-state index is 0.224. The van der Waals surface area contributed by atoms with Crippen molar-refractivity contribution < 1.29 is 9.90 Å². The number of amides is 1. The fourth-order valence-corrected chi connectivity index (χ4v) is 4.55. The highest BCUT2D eigenvalue weighted by Crippen LogP contribution is 2.42. The lowest BCUT2D eigenvalue weighted by Crippen LogP contribution is -2.39. The average molecular weight is 357 g/mol. The third-order valence-corrected chi connectivity index (χ3v) is 5.84. The summed E-state index contributed by atoms with van der Waals surface area (Å²) in [5.74, 6) is 0.629. The molecule has 1 aromatic carbocycles. The van der Waals surface area contributed by atoms with Crippen molar-refractivity contribution in [3.8, 4) is 0 Å². The molecule has 0 saturated carbocycles. The number of pyridine rings is 1. The van der Waals surface area contributed by atoms with E-state index in [0.29, 0.717) is 19.0 Å². The van der Waals surface area contributed by atoms with E-state index in [1.54, 1.807) is 0 Å². The maximum Gasteiger partial charge on any atom is 0.407 e. The molecular formula is C20H21ClN2O2. The Kier molecular flexibility index (Phi) is 4.38. The van der Waals surface area contributed by atoms with Crippen LogP contribution in [0.1, 0.15) is 41.1 Å². The van der Waals surface area contributed by atoms with Gasteiger partial charge in [0.25, 0.3) is 0 Å². The molecule has 4 rings (SSSR count). The molecule has 5 heteroatoms. The number of fused-ring (bicyclic) bond motifs is 2. The Morgan fingerprint density at radius 3 is 2.68 bits per heavy atom. The Labute approximate surface area is 152 Å². The fourth-order valence-electron chi connectivity index (χ4n) is 4.35. The van der Waals surface area contributed by atoms with Gasteiger partial charge >= 0.3 is 6.09 Å². The van der Waals surface area contributed by atoms with Crippen LogP contribution in [0.4, 0.5) is 4.79 Å². The molecule has 1 unspecified atom stereocenters. The molecule has 1 aliphatic heterocycles. The molecule has 0 spiro atoms. The van der Waals surface area contributed by atoms with Crippen molar-refractivity contribution in [3.05, 3.63) is 63.9 Å². The number of aromatic nitrogens is 1. The van der Waals surface area contributed by atoms with Crippen LogP contribution in [-0.4, -0.2) is 34.2 Å². The van der Waals surface area contributed by atoms with Crippen LogP contribution in [0.5, 0.6) is 0 Å². The Bertz CT molecular complexity index is 800. The maximum absolute atomic E-state index is 11.2. The van der Waals surface area contributed by atoms with E-state index in [4.69, 9.17) is 16.6 Å². The lowest BCUT2D eigenvalue weighted by atomic mass is 9.76. The molecule has 1 atom stereocenters. The summed E-state index contributed by atoms with van der Waals surface area (Å²) in [6.45, 7) is 1.20. The summed E-state index contributed by atoms with van der Waals surface area (Å²) in [7, 11) is 0. The molecule has 25 heavy (non-hydrogen) atoms. The van der Waals surface area contributed by atoms with Gasteiger partial charge in [-0.25, -0.2) is 4.79 Å². The highest BCUT2D eigenvalue weighted by atomic mass is 35.5. The van der Waals surface area contributed by atoms with E-state index < -0.39 is 6.09 Å². The predicted octanol–water partition coefficient (Wildman–Crippen LogP) is 4.36. The number of aryl methyl sites for hydroxylation is 2. The van der Waals surface area contributed by atoms with Gasteiger partial charge in [0.15, 0.2) is 0 Å². The number of halogens is 1. The van der Waals surface area contributed by atoms with E-state index in [1.807, 2.05) is 18.3 Å². The first-order valence-corrected chi connectivity index (χ1v) is 9.21. The number of hydrogen-bond acceptors (Lipinski definition) is 2. The third-order valence-electron chi connectivity index (χ3n) is 5.61. The first-order chi connectivity index (χ1) is 12.1. The summed E-state index contributed by atoms with van der Waals surface area (Å²) in [5, 5.41) is 10.00. The van der Waals surface area contributed by atoms with Crippen molar-refractivity contribution in [2.75, 3.05) is 13.1 Å². The van der Waals surface area contributed by atoms with E-state index in [1.165, 1.54) is 21.6 Å². The van der Waals surface area contributed by atoms with Crippen LogP contribution in [0.25, 0.3) is 0 Å². The molecule has 4 nitrogen and oxygen atoms in total. The normalized spacial score (nSPS) is 20.5. The van der Waals surface area contributed by atoms with Gasteiger partial charge in [-0.15, -0.1) is 0 Å². The van der Waals surface area contributed by atoms with Crippen LogP contribution in [-0.2, 0) is 12.8 Å². The molecule has 2 heterocycles. The Morgan fingerprint density at radius 1 is 1.16 bits per heavy atom. The number of piperidine rings is 1. The zero-order valence-corrected chi connectivity index (χ0v) is 14.7. The zero-order chi connectivity index (χ0) is 17.4. The van der Waals surface area contributed by atoms with Gasteiger partial charge in [0, 0.05) is 30.2 Å². The van der Waals surface area contributed by atoms with Crippen LogP contribution >= 0.6 is 11.6 Å². The smallest absolute Gasteiger partial charge is 0.407 e. The molecule has 0 bridgehead atoms. The van der Waals surface area contributed by atoms with E-state index in [-0.39, 0.29) is 5.92 Å². The lowest BCUT2D eigenvalue weighted by Gasteiger charge is -2.35. The molecule has 1 aromatic heterocycles. The molecule has 1 fully saturated rings.